The number of aliphatic hydroxyl groups excluding tert-OH is 1. The van der Waals surface area contributed by atoms with Crippen molar-refractivity contribution >= 4 is 38.2 Å². The van der Waals surface area contributed by atoms with Crippen LogP contribution in [-0.2, 0) is 11.8 Å². The summed E-state index contributed by atoms with van der Waals surface area (Å²) in [6.45, 7) is 7.86. The number of carbonyl (C=O) groups excluding carboxylic acids is 1. The Bertz CT molecular complexity index is 2320. The second kappa shape index (κ2) is 11.6. The molecule has 1 aliphatic heterocycles. The molecule has 0 bridgehead atoms. The molecule has 4 aromatic heterocycles. The standard InChI is InChI=1S/C37H32F3N5O3S/c1-5-31(47)44-16-18(2)45-29(19(44)3)15-27(42-45)36-34(32-25(39)11-22(38)12-30(32)48-24-13-23(46)14-24)33-26(40)17-49-37(33)35(41-36)21-6-7-28-20(10-21)8-9-43(28)4/h5-12,15,17-19,23-24,46H,1,13-14,16H2,2-4H3/t18-,19+,23?,24?/m0/s1. The van der Waals surface area contributed by atoms with Crippen LogP contribution >= 0.6 is 11.3 Å². The topological polar surface area (TPSA) is 85.4 Å². The molecule has 0 saturated heterocycles. The molecular formula is C37H32F3N5O3S. The summed E-state index contributed by atoms with van der Waals surface area (Å²) in [6, 6.07) is 10.9. The van der Waals surface area contributed by atoms with E-state index in [1.165, 1.54) is 11.5 Å². The van der Waals surface area contributed by atoms with Crippen molar-refractivity contribution < 1.29 is 27.8 Å². The molecule has 1 amide bonds. The molecule has 1 N–H and O–H groups in total. The minimum atomic E-state index is -0.947. The average molecular weight is 684 g/mol. The Balaban J connectivity index is 1.42. The van der Waals surface area contributed by atoms with Crippen LogP contribution in [0.2, 0.25) is 0 Å². The molecule has 0 spiro atoms. The third kappa shape index (κ3) is 5.04. The summed E-state index contributed by atoms with van der Waals surface area (Å²) < 4.78 is 57.7. The van der Waals surface area contributed by atoms with Gasteiger partial charge in [-0.15, -0.1) is 11.3 Å². The first-order valence-corrected chi connectivity index (χ1v) is 16.9. The predicted octanol–water partition coefficient (Wildman–Crippen LogP) is 7.96. The molecule has 8 rings (SSSR count). The van der Waals surface area contributed by atoms with Crippen LogP contribution in [-0.4, -0.2) is 54.0 Å². The second-order valence-electron chi connectivity index (χ2n) is 12.9. The summed E-state index contributed by atoms with van der Waals surface area (Å²) in [6.07, 6.45) is 2.79. The predicted molar refractivity (Wildman–Crippen MR) is 183 cm³/mol. The Labute approximate surface area is 283 Å². The lowest BCUT2D eigenvalue weighted by Crippen LogP contribution is -2.42. The zero-order valence-electron chi connectivity index (χ0n) is 27.0. The van der Waals surface area contributed by atoms with E-state index in [9.17, 15) is 14.3 Å². The molecule has 49 heavy (non-hydrogen) atoms. The minimum absolute atomic E-state index is 0.0837. The van der Waals surface area contributed by atoms with Crippen molar-refractivity contribution in [2.45, 2.75) is 51.0 Å². The molecule has 8 nitrogen and oxygen atoms in total. The number of ether oxygens (including phenoxy) is 1. The van der Waals surface area contributed by atoms with Crippen LogP contribution < -0.4 is 4.74 Å². The van der Waals surface area contributed by atoms with Gasteiger partial charge in [-0.2, -0.15) is 5.10 Å². The van der Waals surface area contributed by atoms with Gasteiger partial charge >= 0.3 is 0 Å². The molecular weight excluding hydrogens is 652 g/mol. The maximum atomic E-state index is 16.2. The van der Waals surface area contributed by atoms with Crippen molar-refractivity contribution in [1.82, 2.24) is 24.2 Å². The van der Waals surface area contributed by atoms with Gasteiger partial charge in [0.05, 0.1) is 39.8 Å². The van der Waals surface area contributed by atoms with E-state index in [0.717, 1.165) is 39.9 Å². The molecule has 1 saturated carbocycles. The number of hydrogen-bond acceptors (Lipinski definition) is 6. The highest BCUT2D eigenvalue weighted by Gasteiger charge is 2.36. The molecule has 12 heteroatoms. The van der Waals surface area contributed by atoms with E-state index < -0.39 is 29.7 Å². The molecule has 6 aromatic rings. The molecule has 5 heterocycles. The first-order chi connectivity index (χ1) is 23.5. The van der Waals surface area contributed by atoms with E-state index in [4.69, 9.17) is 14.8 Å². The summed E-state index contributed by atoms with van der Waals surface area (Å²) in [4.78, 5) is 19.6. The number of pyridine rings is 1. The molecule has 1 aliphatic carbocycles. The third-order valence-corrected chi connectivity index (χ3v) is 10.7. The minimum Gasteiger partial charge on any atom is -0.489 e. The lowest BCUT2D eigenvalue weighted by Gasteiger charge is -2.36. The maximum absolute atomic E-state index is 16.2. The summed E-state index contributed by atoms with van der Waals surface area (Å²) in [7, 11) is 1.95. The van der Waals surface area contributed by atoms with Gasteiger partial charge in [-0.25, -0.2) is 18.2 Å². The third-order valence-electron chi connectivity index (χ3n) is 9.70. The molecule has 1 fully saturated rings. The summed E-state index contributed by atoms with van der Waals surface area (Å²) in [5.41, 5.74) is 3.39. The highest BCUT2D eigenvalue weighted by Crippen LogP contribution is 2.49. The van der Waals surface area contributed by atoms with Crippen molar-refractivity contribution in [3.63, 3.8) is 0 Å². The molecule has 2 aliphatic rings. The van der Waals surface area contributed by atoms with Crippen molar-refractivity contribution in [2.24, 2.45) is 7.05 Å². The molecule has 0 unspecified atom stereocenters. The number of nitrogens with zero attached hydrogens (tertiary/aromatic N) is 5. The smallest absolute Gasteiger partial charge is 0.246 e. The quantitative estimate of drug-likeness (QED) is 0.180. The summed E-state index contributed by atoms with van der Waals surface area (Å²) in [5.74, 6) is -2.73. The number of aromatic nitrogens is 4. The number of fused-ring (bicyclic) bond motifs is 3. The van der Waals surface area contributed by atoms with E-state index in [0.29, 0.717) is 41.2 Å². The van der Waals surface area contributed by atoms with E-state index in [1.807, 2.05) is 60.6 Å². The van der Waals surface area contributed by atoms with Gasteiger partial charge in [-0.05, 0) is 44.2 Å². The maximum Gasteiger partial charge on any atom is 0.246 e. The number of rotatable bonds is 6. The summed E-state index contributed by atoms with van der Waals surface area (Å²) in [5, 5.41) is 17.3. The van der Waals surface area contributed by atoms with Gasteiger partial charge in [0.2, 0.25) is 5.91 Å². The number of thiophene rings is 1. The number of aliphatic hydroxyl groups is 1. The van der Waals surface area contributed by atoms with Gasteiger partial charge in [0, 0.05) is 77.6 Å². The highest BCUT2D eigenvalue weighted by molar-refractivity contribution is 7.17. The van der Waals surface area contributed by atoms with Gasteiger partial charge in [0.25, 0.3) is 0 Å². The SMILES string of the molecule is C=CC(=O)N1C[C@H](C)n2nc(-c3nc(-c4ccc5c(ccn5C)c4)c4scc(F)c4c3-c3c(F)cc(F)cc3OC3CC(O)C3)cc2[C@H]1C. The van der Waals surface area contributed by atoms with Gasteiger partial charge in [-0.1, -0.05) is 12.6 Å². The van der Waals surface area contributed by atoms with Crippen molar-refractivity contribution in [3.8, 4) is 39.5 Å². The molecule has 0 radical (unpaired) electrons. The number of benzene rings is 2. The van der Waals surface area contributed by atoms with Crippen LogP contribution in [0.3, 0.4) is 0 Å². The monoisotopic (exact) mass is 683 g/mol. The fourth-order valence-corrected chi connectivity index (χ4v) is 8.03. The molecule has 250 valence electrons. The van der Waals surface area contributed by atoms with Crippen LogP contribution in [0.25, 0.3) is 54.8 Å². The zero-order chi connectivity index (χ0) is 34.3. The van der Waals surface area contributed by atoms with Crippen molar-refractivity contribution in [3.05, 3.63) is 89.8 Å². The fraction of sp³-hybridized carbons (Fsp3) is 0.270. The van der Waals surface area contributed by atoms with E-state index >= 15 is 8.78 Å². The zero-order valence-corrected chi connectivity index (χ0v) is 27.8. The van der Waals surface area contributed by atoms with Crippen molar-refractivity contribution in [1.29, 1.82) is 0 Å². The van der Waals surface area contributed by atoms with E-state index in [-0.39, 0.29) is 45.9 Å². The Morgan fingerprint density at radius 2 is 1.86 bits per heavy atom. The van der Waals surface area contributed by atoms with Crippen LogP contribution in [0.5, 0.6) is 5.75 Å². The number of halogens is 3. The number of carbonyl (C=O) groups is 1. The summed E-state index contributed by atoms with van der Waals surface area (Å²) >= 11 is 1.15. The first kappa shape index (κ1) is 31.3. The lowest BCUT2D eigenvalue weighted by molar-refractivity contribution is -0.129. The number of amides is 1. The number of aryl methyl sites for hydroxylation is 1. The highest BCUT2D eigenvalue weighted by atomic mass is 32.1. The largest absolute Gasteiger partial charge is 0.489 e. The first-order valence-electron chi connectivity index (χ1n) is 16.1. The van der Waals surface area contributed by atoms with E-state index in [2.05, 4.69) is 6.58 Å². The van der Waals surface area contributed by atoms with Crippen LogP contribution in [0.15, 0.2) is 66.7 Å². The normalized spacial score (nSPS) is 20.4. The molecule has 2 atom stereocenters. The van der Waals surface area contributed by atoms with Gasteiger partial charge in [0.1, 0.15) is 40.7 Å². The van der Waals surface area contributed by atoms with E-state index in [1.54, 1.807) is 11.0 Å². The fourth-order valence-electron chi connectivity index (χ4n) is 7.10. The Hall–Kier alpha value is -4.94. The van der Waals surface area contributed by atoms with Crippen LogP contribution in [0.1, 0.15) is 44.5 Å². The van der Waals surface area contributed by atoms with Gasteiger partial charge in [0.15, 0.2) is 0 Å². The van der Waals surface area contributed by atoms with Gasteiger partial charge in [-0.3, -0.25) is 9.48 Å². The number of hydrogen-bond donors (Lipinski definition) is 1. The lowest BCUT2D eigenvalue weighted by atomic mass is 9.91. The Kier molecular flexibility index (Phi) is 7.41. The second-order valence-corrected chi connectivity index (χ2v) is 13.8. The Morgan fingerprint density at radius 3 is 2.61 bits per heavy atom. The molecule has 2 aromatic carbocycles. The average Bonchev–Trinajstić information content (AvgIpc) is 3.78. The van der Waals surface area contributed by atoms with Crippen molar-refractivity contribution in [2.75, 3.05) is 6.54 Å². The van der Waals surface area contributed by atoms with Crippen LogP contribution in [0, 0.1) is 17.5 Å². The van der Waals surface area contributed by atoms with Gasteiger partial charge < -0.3 is 19.3 Å². The Morgan fingerprint density at radius 1 is 1.06 bits per heavy atom. The van der Waals surface area contributed by atoms with Crippen LogP contribution in [0.4, 0.5) is 13.2 Å².